The number of fused-ring (bicyclic) bond motifs is 1. The standard InChI is InChI=1S/C12H15N3O3S/c1-3-7-6(2)19-10-9(7)11(17)15(12(18)14-10)5-4-8(13)16/h3-5H2,1-2H3,(H2,13,16)(H,14,18). The Bertz CT molecular complexity index is 754. The molecule has 0 aliphatic carbocycles. The number of thiophene rings is 1. The zero-order valence-corrected chi connectivity index (χ0v) is 11.6. The van der Waals surface area contributed by atoms with Crippen LogP contribution in [0.25, 0.3) is 10.2 Å². The Labute approximate surface area is 112 Å². The molecule has 0 unspecified atom stereocenters. The van der Waals surface area contributed by atoms with Crippen molar-refractivity contribution in [2.75, 3.05) is 0 Å². The first kappa shape index (κ1) is 13.5. The van der Waals surface area contributed by atoms with Gasteiger partial charge in [0.25, 0.3) is 5.56 Å². The summed E-state index contributed by atoms with van der Waals surface area (Å²) < 4.78 is 1.04. The van der Waals surface area contributed by atoms with Gasteiger partial charge in [0, 0.05) is 17.8 Å². The SMILES string of the molecule is CCc1c(C)sc2[nH]c(=O)n(CCC(N)=O)c(=O)c12. The van der Waals surface area contributed by atoms with E-state index in [1.807, 2.05) is 13.8 Å². The lowest BCUT2D eigenvalue weighted by atomic mass is 10.1. The van der Waals surface area contributed by atoms with Crippen LogP contribution in [0.1, 0.15) is 23.8 Å². The molecular formula is C12H15N3O3S. The van der Waals surface area contributed by atoms with Crippen molar-refractivity contribution in [2.24, 2.45) is 5.73 Å². The minimum absolute atomic E-state index is 0.0114. The molecule has 2 aromatic rings. The summed E-state index contributed by atoms with van der Waals surface area (Å²) in [7, 11) is 0. The Kier molecular flexibility index (Phi) is 3.57. The number of aromatic amines is 1. The second kappa shape index (κ2) is 5.00. The van der Waals surface area contributed by atoms with Crippen LogP contribution in [0.2, 0.25) is 0 Å². The largest absolute Gasteiger partial charge is 0.370 e. The van der Waals surface area contributed by atoms with Crippen LogP contribution in [0, 0.1) is 6.92 Å². The van der Waals surface area contributed by atoms with Crippen molar-refractivity contribution in [1.82, 2.24) is 9.55 Å². The van der Waals surface area contributed by atoms with Crippen molar-refractivity contribution in [3.8, 4) is 0 Å². The maximum absolute atomic E-state index is 12.4. The van der Waals surface area contributed by atoms with Gasteiger partial charge in [-0.1, -0.05) is 6.92 Å². The quantitative estimate of drug-likeness (QED) is 0.853. The average molecular weight is 281 g/mol. The summed E-state index contributed by atoms with van der Waals surface area (Å²) in [5.41, 5.74) is 5.16. The van der Waals surface area contributed by atoms with Gasteiger partial charge in [0.15, 0.2) is 0 Å². The molecule has 1 amide bonds. The third-order valence-corrected chi connectivity index (χ3v) is 4.13. The number of hydrogen-bond acceptors (Lipinski definition) is 4. The minimum atomic E-state index is -0.538. The molecule has 0 saturated heterocycles. The van der Waals surface area contributed by atoms with Crippen molar-refractivity contribution in [3.05, 3.63) is 31.3 Å². The summed E-state index contributed by atoms with van der Waals surface area (Å²) in [4.78, 5) is 39.3. The maximum Gasteiger partial charge on any atom is 0.329 e. The summed E-state index contributed by atoms with van der Waals surface area (Å²) in [5, 5.41) is 0.550. The topological polar surface area (TPSA) is 97.9 Å². The molecular weight excluding hydrogens is 266 g/mol. The summed E-state index contributed by atoms with van der Waals surface area (Å²) in [6.07, 6.45) is 0.696. The third-order valence-electron chi connectivity index (χ3n) is 3.07. The van der Waals surface area contributed by atoms with Gasteiger partial charge in [0.05, 0.1) is 5.39 Å². The Morgan fingerprint density at radius 3 is 2.68 bits per heavy atom. The van der Waals surface area contributed by atoms with Crippen LogP contribution in [0.4, 0.5) is 0 Å². The summed E-state index contributed by atoms with van der Waals surface area (Å²) in [5.74, 6) is -0.538. The molecule has 0 aromatic carbocycles. The fourth-order valence-electron chi connectivity index (χ4n) is 2.14. The van der Waals surface area contributed by atoms with Gasteiger partial charge in [-0.15, -0.1) is 11.3 Å². The van der Waals surface area contributed by atoms with Gasteiger partial charge < -0.3 is 5.73 Å². The van der Waals surface area contributed by atoms with Crippen LogP contribution < -0.4 is 17.0 Å². The molecule has 0 bridgehead atoms. The minimum Gasteiger partial charge on any atom is -0.370 e. The average Bonchev–Trinajstić information content (AvgIpc) is 2.64. The van der Waals surface area contributed by atoms with Crippen LogP contribution in [-0.4, -0.2) is 15.5 Å². The molecule has 0 atom stereocenters. The Balaban J connectivity index is 2.69. The van der Waals surface area contributed by atoms with Crippen LogP contribution >= 0.6 is 11.3 Å². The second-order valence-corrected chi connectivity index (χ2v) is 5.52. The number of nitrogens with two attached hydrogens (primary N) is 1. The van der Waals surface area contributed by atoms with Gasteiger partial charge in [0.1, 0.15) is 4.83 Å². The van der Waals surface area contributed by atoms with E-state index >= 15 is 0 Å². The number of hydrogen-bond donors (Lipinski definition) is 2. The Morgan fingerprint density at radius 2 is 2.11 bits per heavy atom. The molecule has 0 saturated carbocycles. The molecule has 19 heavy (non-hydrogen) atoms. The molecule has 2 aromatic heterocycles. The summed E-state index contributed by atoms with van der Waals surface area (Å²) >= 11 is 1.40. The third kappa shape index (κ3) is 2.33. The van der Waals surface area contributed by atoms with Crippen molar-refractivity contribution < 1.29 is 4.79 Å². The molecule has 0 aliphatic rings. The molecule has 0 spiro atoms. The van der Waals surface area contributed by atoms with E-state index in [1.165, 1.54) is 11.3 Å². The number of carbonyl (C=O) groups excluding carboxylic acids is 1. The zero-order valence-electron chi connectivity index (χ0n) is 10.8. The fourth-order valence-corrected chi connectivity index (χ4v) is 3.26. The van der Waals surface area contributed by atoms with E-state index in [2.05, 4.69) is 4.98 Å². The van der Waals surface area contributed by atoms with Gasteiger partial charge in [-0.3, -0.25) is 19.1 Å². The number of amides is 1. The number of aromatic nitrogens is 2. The number of carbonyl (C=O) groups is 1. The molecule has 7 heteroatoms. The van der Waals surface area contributed by atoms with Gasteiger partial charge >= 0.3 is 5.69 Å². The van der Waals surface area contributed by atoms with E-state index in [9.17, 15) is 14.4 Å². The van der Waals surface area contributed by atoms with Crippen molar-refractivity contribution >= 4 is 27.5 Å². The lowest BCUT2D eigenvalue weighted by Crippen LogP contribution is -2.36. The molecule has 3 N–H and O–H groups in total. The molecule has 0 aliphatic heterocycles. The van der Waals surface area contributed by atoms with Gasteiger partial charge in [-0.25, -0.2) is 4.79 Å². The van der Waals surface area contributed by atoms with Crippen molar-refractivity contribution in [1.29, 1.82) is 0 Å². The number of H-pyrrole nitrogens is 1. The number of rotatable bonds is 4. The van der Waals surface area contributed by atoms with E-state index in [0.717, 1.165) is 21.4 Å². The molecule has 102 valence electrons. The van der Waals surface area contributed by atoms with Crippen LogP contribution in [0.3, 0.4) is 0 Å². The predicted molar refractivity (Wildman–Crippen MR) is 74.6 cm³/mol. The van der Waals surface area contributed by atoms with Gasteiger partial charge in [-0.2, -0.15) is 0 Å². The Morgan fingerprint density at radius 1 is 1.42 bits per heavy atom. The predicted octanol–water partition coefficient (Wildman–Crippen LogP) is 0.498. The summed E-state index contributed by atoms with van der Waals surface area (Å²) in [6, 6.07) is 0. The first-order chi connectivity index (χ1) is 8.95. The van der Waals surface area contributed by atoms with Crippen LogP contribution in [0.15, 0.2) is 9.59 Å². The highest BCUT2D eigenvalue weighted by atomic mass is 32.1. The van der Waals surface area contributed by atoms with Crippen LogP contribution in [0.5, 0.6) is 0 Å². The molecule has 6 nitrogen and oxygen atoms in total. The number of aryl methyl sites for hydroxylation is 2. The first-order valence-electron chi connectivity index (χ1n) is 5.99. The van der Waals surface area contributed by atoms with E-state index in [-0.39, 0.29) is 18.5 Å². The highest BCUT2D eigenvalue weighted by Crippen LogP contribution is 2.26. The number of nitrogens with zero attached hydrogens (tertiary/aromatic N) is 1. The fraction of sp³-hybridized carbons (Fsp3) is 0.417. The van der Waals surface area contributed by atoms with E-state index in [1.54, 1.807) is 0 Å². The smallest absolute Gasteiger partial charge is 0.329 e. The van der Waals surface area contributed by atoms with Crippen molar-refractivity contribution in [2.45, 2.75) is 33.2 Å². The number of primary amides is 1. The molecule has 2 heterocycles. The first-order valence-corrected chi connectivity index (χ1v) is 6.80. The maximum atomic E-state index is 12.4. The monoisotopic (exact) mass is 281 g/mol. The lowest BCUT2D eigenvalue weighted by Gasteiger charge is -2.03. The zero-order chi connectivity index (χ0) is 14.2. The van der Waals surface area contributed by atoms with Gasteiger partial charge in [-0.05, 0) is 18.9 Å². The highest BCUT2D eigenvalue weighted by molar-refractivity contribution is 7.18. The van der Waals surface area contributed by atoms with E-state index in [4.69, 9.17) is 5.73 Å². The molecule has 2 rings (SSSR count). The highest BCUT2D eigenvalue weighted by Gasteiger charge is 2.15. The van der Waals surface area contributed by atoms with E-state index in [0.29, 0.717) is 10.2 Å². The molecule has 0 fully saturated rings. The normalized spacial score (nSPS) is 11.1. The molecule has 0 radical (unpaired) electrons. The van der Waals surface area contributed by atoms with Gasteiger partial charge in [0.2, 0.25) is 5.91 Å². The van der Waals surface area contributed by atoms with Crippen LogP contribution in [-0.2, 0) is 17.8 Å². The second-order valence-electron chi connectivity index (χ2n) is 4.30. The Hall–Kier alpha value is -1.89. The summed E-state index contributed by atoms with van der Waals surface area (Å²) in [6.45, 7) is 3.90. The van der Waals surface area contributed by atoms with E-state index < -0.39 is 11.6 Å². The van der Waals surface area contributed by atoms with Crippen molar-refractivity contribution in [3.63, 3.8) is 0 Å². The number of nitrogens with one attached hydrogen (secondary N) is 1. The lowest BCUT2D eigenvalue weighted by molar-refractivity contribution is -0.118.